The first-order valence-corrected chi connectivity index (χ1v) is 11.7. The van der Waals surface area contributed by atoms with Gasteiger partial charge in [0.1, 0.15) is 12.0 Å². The lowest BCUT2D eigenvalue weighted by Gasteiger charge is -2.37. The first-order valence-electron chi connectivity index (χ1n) is 10.8. The summed E-state index contributed by atoms with van der Waals surface area (Å²) in [6.45, 7) is 4.91. The van der Waals surface area contributed by atoms with E-state index in [0.29, 0.717) is 19.4 Å². The number of hydrogen-bond acceptors (Lipinski definition) is 7. The van der Waals surface area contributed by atoms with Crippen molar-refractivity contribution in [1.29, 1.82) is 0 Å². The van der Waals surface area contributed by atoms with Crippen LogP contribution in [0.5, 0.6) is 0 Å². The number of carbonyl (C=O) groups is 1. The predicted octanol–water partition coefficient (Wildman–Crippen LogP) is 3.11. The molecule has 3 atom stereocenters. The number of thiophene rings is 1. The molecule has 31 heavy (non-hydrogen) atoms. The van der Waals surface area contributed by atoms with Gasteiger partial charge in [-0.1, -0.05) is 24.3 Å². The Balaban J connectivity index is 1.17. The molecule has 5 rings (SSSR count). The Bertz CT molecular complexity index is 1020. The molecule has 7 nitrogen and oxygen atoms in total. The molecule has 4 heterocycles. The quantitative estimate of drug-likeness (QED) is 0.649. The van der Waals surface area contributed by atoms with Crippen molar-refractivity contribution in [3.05, 3.63) is 69.7 Å². The number of benzene rings is 1. The maximum atomic E-state index is 12.3. The lowest BCUT2D eigenvalue weighted by atomic mass is 9.97. The number of amides is 1. The van der Waals surface area contributed by atoms with Crippen LogP contribution < -0.4 is 16.2 Å². The molecule has 0 spiro atoms. The summed E-state index contributed by atoms with van der Waals surface area (Å²) in [5, 5.41) is 11.8. The minimum absolute atomic E-state index is 0.0551. The first-order chi connectivity index (χ1) is 15.1. The van der Waals surface area contributed by atoms with E-state index in [1.54, 1.807) is 11.3 Å². The van der Waals surface area contributed by atoms with Crippen LogP contribution in [0.1, 0.15) is 46.9 Å². The fraction of sp³-hybridized carbons (Fsp3) is 0.391. The zero-order valence-corrected chi connectivity index (χ0v) is 18.7. The lowest BCUT2D eigenvalue weighted by molar-refractivity contribution is -0.121. The number of rotatable bonds is 6. The summed E-state index contributed by atoms with van der Waals surface area (Å²) >= 11 is 1.66. The van der Waals surface area contributed by atoms with E-state index in [9.17, 15) is 4.79 Å². The highest BCUT2D eigenvalue weighted by Crippen LogP contribution is 2.34. The van der Waals surface area contributed by atoms with E-state index >= 15 is 0 Å². The highest BCUT2D eigenvalue weighted by atomic mass is 32.1. The standard InChI is InChI=1S/C23H28N6OS/c1-15-5-6-17(12-16(15)2)19-13-20-23-26-25-21(28(23)9-10-29(20)27-19)7-8-22(30)24-14-18-4-3-11-31-18/h3-6,9-12,19-20,23,26-27H,7-8,13-14H2,1-2H3,(H,24,30). The zero-order valence-electron chi connectivity index (χ0n) is 17.8. The summed E-state index contributed by atoms with van der Waals surface area (Å²) in [7, 11) is 0. The number of nitrogens with zero attached hydrogens (tertiary/aromatic N) is 3. The molecule has 0 aliphatic carbocycles. The summed E-state index contributed by atoms with van der Waals surface area (Å²) < 4.78 is 0. The summed E-state index contributed by atoms with van der Waals surface area (Å²) in [6.07, 6.45) is 6.26. The molecule has 1 aromatic heterocycles. The third kappa shape index (κ3) is 4.05. The number of amidine groups is 1. The smallest absolute Gasteiger partial charge is 0.220 e. The van der Waals surface area contributed by atoms with Gasteiger partial charge in [0.05, 0.1) is 18.6 Å². The van der Waals surface area contributed by atoms with Crippen LogP contribution in [-0.2, 0) is 11.3 Å². The Morgan fingerprint density at radius 1 is 1.26 bits per heavy atom. The molecular weight excluding hydrogens is 408 g/mol. The van der Waals surface area contributed by atoms with Gasteiger partial charge < -0.3 is 15.2 Å². The molecule has 0 saturated carbocycles. The molecule has 162 valence electrons. The Labute approximate surface area is 186 Å². The maximum Gasteiger partial charge on any atom is 0.220 e. The van der Waals surface area contributed by atoms with Crippen molar-refractivity contribution >= 4 is 23.1 Å². The fourth-order valence-corrected chi connectivity index (χ4v) is 5.07. The van der Waals surface area contributed by atoms with E-state index in [1.165, 1.54) is 21.6 Å². The van der Waals surface area contributed by atoms with Crippen molar-refractivity contribution < 1.29 is 4.79 Å². The number of hydrogen-bond donors (Lipinski definition) is 3. The highest BCUT2D eigenvalue weighted by Gasteiger charge is 2.44. The minimum atomic E-state index is 0.0551. The third-order valence-corrected chi connectivity index (χ3v) is 7.24. The summed E-state index contributed by atoms with van der Waals surface area (Å²) in [6, 6.07) is 11.3. The average Bonchev–Trinajstić information content (AvgIpc) is 3.51. The number of hydrazone groups is 1. The number of hydrazine groups is 1. The van der Waals surface area contributed by atoms with Gasteiger partial charge in [-0.25, -0.2) is 5.43 Å². The molecule has 1 aromatic carbocycles. The molecule has 0 radical (unpaired) electrons. The second kappa shape index (κ2) is 8.36. The molecular formula is C23H28N6OS. The predicted molar refractivity (Wildman–Crippen MR) is 123 cm³/mol. The fourth-order valence-electron chi connectivity index (χ4n) is 4.42. The van der Waals surface area contributed by atoms with Gasteiger partial charge in [-0.2, -0.15) is 5.10 Å². The topological polar surface area (TPSA) is 72.0 Å². The van der Waals surface area contributed by atoms with Gasteiger partial charge in [-0.15, -0.1) is 11.3 Å². The van der Waals surface area contributed by atoms with Crippen LogP contribution in [-0.4, -0.2) is 33.9 Å². The average molecular weight is 437 g/mol. The van der Waals surface area contributed by atoms with Crippen molar-refractivity contribution in [2.45, 2.75) is 57.9 Å². The SMILES string of the molecule is Cc1ccc(C2CC3C4NN=C(CCC(=O)NCc5cccs5)N4C=CN3N2)cc1C. The van der Waals surface area contributed by atoms with Gasteiger partial charge in [-0.05, 0) is 48.4 Å². The second-order valence-corrected chi connectivity index (χ2v) is 9.43. The Morgan fingerprint density at radius 2 is 2.16 bits per heavy atom. The molecule has 3 N–H and O–H groups in total. The van der Waals surface area contributed by atoms with Crippen LogP contribution in [0.2, 0.25) is 0 Å². The van der Waals surface area contributed by atoms with Gasteiger partial charge in [0.15, 0.2) is 0 Å². The molecule has 1 amide bonds. The summed E-state index contributed by atoms with van der Waals surface area (Å²) in [5.41, 5.74) is 10.9. The highest BCUT2D eigenvalue weighted by molar-refractivity contribution is 7.09. The Kier molecular flexibility index (Phi) is 5.41. The van der Waals surface area contributed by atoms with Gasteiger partial charge >= 0.3 is 0 Å². The van der Waals surface area contributed by atoms with Crippen LogP contribution in [0.4, 0.5) is 0 Å². The van der Waals surface area contributed by atoms with E-state index in [2.05, 4.69) is 75.6 Å². The van der Waals surface area contributed by atoms with E-state index in [0.717, 1.165) is 12.3 Å². The number of carbonyl (C=O) groups excluding carboxylic acids is 1. The molecule has 2 aromatic rings. The molecule has 0 bridgehead atoms. The van der Waals surface area contributed by atoms with Gasteiger partial charge in [0.2, 0.25) is 5.91 Å². The van der Waals surface area contributed by atoms with E-state index in [1.807, 2.05) is 17.5 Å². The number of nitrogens with one attached hydrogen (secondary N) is 3. The van der Waals surface area contributed by atoms with Gasteiger partial charge in [0.25, 0.3) is 0 Å². The van der Waals surface area contributed by atoms with Gasteiger partial charge in [0, 0.05) is 30.1 Å². The van der Waals surface area contributed by atoms with Crippen LogP contribution in [0.15, 0.2) is 53.2 Å². The molecule has 8 heteroatoms. The monoisotopic (exact) mass is 436 g/mol. The van der Waals surface area contributed by atoms with Crippen molar-refractivity contribution in [2.24, 2.45) is 5.10 Å². The van der Waals surface area contributed by atoms with E-state index in [4.69, 9.17) is 0 Å². The van der Waals surface area contributed by atoms with Crippen LogP contribution in [0, 0.1) is 13.8 Å². The maximum absolute atomic E-state index is 12.3. The van der Waals surface area contributed by atoms with Crippen LogP contribution in [0.3, 0.4) is 0 Å². The van der Waals surface area contributed by atoms with Crippen LogP contribution >= 0.6 is 11.3 Å². The minimum Gasteiger partial charge on any atom is -0.351 e. The van der Waals surface area contributed by atoms with Crippen molar-refractivity contribution in [3.63, 3.8) is 0 Å². The normalized spacial score (nSPS) is 23.9. The summed E-state index contributed by atoms with van der Waals surface area (Å²) in [4.78, 5) is 15.6. The molecule has 3 aliphatic heterocycles. The third-order valence-electron chi connectivity index (χ3n) is 6.36. The van der Waals surface area contributed by atoms with Crippen molar-refractivity contribution in [3.8, 4) is 0 Å². The van der Waals surface area contributed by atoms with Crippen molar-refractivity contribution in [2.75, 3.05) is 0 Å². The largest absolute Gasteiger partial charge is 0.351 e. The van der Waals surface area contributed by atoms with E-state index < -0.39 is 0 Å². The first kappa shape index (κ1) is 20.1. The zero-order chi connectivity index (χ0) is 21.4. The summed E-state index contributed by atoms with van der Waals surface area (Å²) in [5.74, 6) is 0.973. The molecule has 3 aliphatic rings. The lowest BCUT2D eigenvalue weighted by Crippen LogP contribution is -2.54. The van der Waals surface area contributed by atoms with Crippen LogP contribution in [0.25, 0.3) is 0 Å². The number of fused-ring (bicyclic) bond motifs is 3. The number of aryl methyl sites for hydroxylation is 2. The molecule has 3 unspecified atom stereocenters. The molecule has 1 fully saturated rings. The molecule has 1 saturated heterocycles. The Morgan fingerprint density at radius 3 is 2.97 bits per heavy atom. The van der Waals surface area contributed by atoms with E-state index in [-0.39, 0.29) is 24.2 Å². The second-order valence-electron chi connectivity index (χ2n) is 8.40. The van der Waals surface area contributed by atoms with Gasteiger partial charge in [-0.3, -0.25) is 10.2 Å². The van der Waals surface area contributed by atoms with Crippen molar-refractivity contribution in [1.82, 2.24) is 26.1 Å². The Hall–Kier alpha value is -2.84.